The van der Waals surface area contributed by atoms with Gasteiger partial charge in [0, 0.05) is 36.8 Å². The molecule has 2 N–H and O–H groups in total. The van der Waals surface area contributed by atoms with Gasteiger partial charge < -0.3 is 14.9 Å². The van der Waals surface area contributed by atoms with Crippen LogP contribution in [-0.2, 0) is 11.3 Å². The molecule has 8 nitrogen and oxygen atoms in total. The second-order valence-corrected chi connectivity index (χ2v) is 6.38. The third kappa shape index (κ3) is 5.74. The first kappa shape index (κ1) is 18.1. The number of likely N-dealkylation sites (tertiary alicyclic amines) is 1. The third-order valence-electron chi connectivity index (χ3n) is 3.69. The second-order valence-electron chi connectivity index (χ2n) is 5.41. The zero-order valence-corrected chi connectivity index (χ0v) is 13.9. The molecule has 0 spiro atoms. The fourth-order valence-corrected chi connectivity index (χ4v) is 3.30. The maximum Gasteiger partial charge on any atom is 0.290 e. The van der Waals surface area contributed by atoms with Crippen molar-refractivity contribution in [3.05, 3.63) is 34.6 Å². The number of hydrogen-bond acceptors (Lipinski definition) is 7. The summed E-state index contributed by atoms with van der Waals surface area (Å²) in [5.74, 6) is 0.325. The largest absolute Gasteiger partial charge is 0.483 e. The number of carboxylic acid groups (broad SMARTS) is 1. The molecule has 0 radical (unpaired) electrons. The molecular formula is C15H20N4O4S. The molecule has 0 saturated carbocycles. The summed E-state index contributed by atoms with van der Waals surface area (Å²) in [7, 11) is 0. The molecule has 1 amide bonds. The van der Waals surface area contributed by atoms with Gasteiger partial charge in [-0.05, 0) is 25.3 Å². The lowest BCUT2D eigenvalue weighted by Gasteiger charge is -2.32. The van der Waals surface area contributed by atoms with E-state index in [2.05, 4.69) is 24.9 Å². The highest BCUT2D eigenvalue weighted by Crippen LogP contribution is 2.19. The Hall–Kier alpha value is -2.26. The number of amides is 1. The van der Waals surface area contributed by atoms with Crippen LogP contribution in [0.1, 0.15) is 28.2 Å². The van der Waals surface area contributed by atoms with E-state index in [1.54, 1.807) is 17.4 Å². The molecule has 1 aliphatic rings. The quantitative estimate of drug-likeness (QED) is 0.784. The van der Waals surface area contributed by atoms with E-state index in [1.807, 2.05) is 11.7 Å². The van der Waals surface area contributed by atoms with Crippen LogP contribution in [0.3, 0.4) is 0 Å². The van der Waals surface area contributed by atoms with E-state index in [0.29, 0.717) is 18.2 Å². The molecule has 1 fully saturated rings. The minimum atomic E-state index is -0.250. The summed E-state index contributed by atoms with van der Waals surface area (Å²) in [4.78, 5) is 28.0. The summed E-state index contributed by atoms with van der Waals surface area (Å²) in [5.41, 5.74) is 2.21. The van der Waals surface area contributed by atoms with Crippen molar-refractivity contribution < 1.29 is 19.2 Å². The first-order valence-electron chi connectivity index (χ1n) is 7.59. The van der Waals surface area contributed by atoms with E-state index < -0.39 is 0 Å². The highest BCUT2D eigenvalue weighted by atomic mass is 32.1. The number of piperidine rings is 1. The average Bonchev–Trinajstić information content (AvgIpc) is 3.27. The molecule has 2 aromatic rings. The Morgan fingerprint density at radius 1 is 1.58 bits per heavy atom. The molecule has 1 saturated heterocycles. The van der Waals surface area contributed by atoms with Gasteiger partial charge in [0.1, 0.15) is 6.26 Å². The van der Waals surface area contributed by atoms with Gasteiger partial charge in [-0.25, -0.2) is 0 Å². The van der Waals surface area contributed by atoms with Crippen molar-refractivity contribution in [3.8, 4) is 0 Å². The van der Waals surface area contributed by atoms with Crippen LogP contribution in [-0.4, -0.2) is 52.2 Å². The van der Waals surface area contributed by atoms with Crippen LogP contribution in [0.15, 0.2) is 28.6 Å². The number of nitrogens with one attached hydrogen (secondary N) is 1. The molecule has 0 aliphatic carbocycles. The van der Waals surface area contributed by atoms with Gasteiger partial charge in [-0.15, -0.1) is 11.3 Å². The Kier molecular flexibility index (Phi) is 7.37. The monoisotopic (exact) mass is 352 g/mol. The number of carbonyl (C=O) groups excluding carboxylic acids is 1. The average molecular weight is 352 g/mol. The Balaban J connectivity index is 0.000000647. The van der Waals surface area contributed by atoms with E-state index in [0.717, 1.165) is 26.1 Å². The fourth-order valence-electron chi connectivity index (χ4n) is 2.66. The lowest BCUT2D eigenvalue weighted by molar-refractivity contribution is -0.122. The first-order valence-corrected chi connectivity index (χ1v) is 8.47. The summed E-state index contributed by atoms with van der Waals surface area (Å²) in [6.07, 6.45) is 5.66. The predicted molar refractivity (Wildman–Crippen MR) is 87.6 cm³/mol. The van der Waals surface area contributed by atoms with E-state index >= 15 is 0 Å². The molecule has 3 heterocycles. The van der Waals surface area contributed by atoms with Gasteiger partial charge in [-0.3, -0.25) is 19.5 Å². The summed E-state index contributed by atoms with van der Waals surface area (Å²) in [5, 5.41) is 13.5. The molecule has 0 bridgehead atoms. The molecule has 9 heteroatoms. The molecule has 1 aliphatic heterocycles. The minimum absolute atomic E-state index is 0.164. The Morgan fingerprint density at radius 3 is 3.08 bits per heavy atom. The lowest BCUT2D eigenvalue weighted by Crippen LogP contribution is -2.40. The number of nitrogens with zero attached hydrogens (tertiary/aromatic N) is 3. The predicted octanol–water partition coefficient (Wildman–Crippen LogP) is 1.47. The standard InChI is InChI=1S/C14H18N4O2S.CH2O2/c19-14(13-3-5-20-17-13)16-6-11-2-1-4-18(8-11)9-12-7-15-10-21-12;2-1-3/h3,5,7,10-11H,1-2,4,6,8-9H2,(H,16,19);1H,(H,2,3). The molecule has 1 atom stereocenters. The summed E-state index contributed by atoms with van der Waals surface area (Å²) < 4.78 is 4.68. The number of aromatic nitrogens is 2. The number of carbonyl (C=O) groups is 2. The van der Waals surface area contributed by atoms with E-state index in [-0.39, 0.29) is 12.4 Å². The highest BCUT2D eigenvalue weighted by Gasteiger charge is 2.21. The van der Waals surface area contributed by atoms with Crippen LogP contribution in [0.4, 0.5) is 0 Å². The topological polar surface area (TPSA) is 109 Å². The number of rotatable bonds is 5. The molecule has 1 unspecified atom stereocenters. The maximum atomic E-state index is 11.8. The summed E-state index contributed by atoms with van der Waals surface area (Å²) in [6, 6.07) is 1.58. The van der Waals surface area contributed by atoms with E-state index in [1.165, 1.54) is 17.6 Å². The van der Waals surface area contributed by atoms with Gasteiger partial charge in [-0.1, -0.05) is 5.16 Å². The van der Waals surface area contributed by atoms with Crippen molar-refractivity contribution in [2.24, 2.45) is 5.92 Å². The fraction of sp³-hybridized carbons (Fsp3) is 0.467. The van der Waals surface area contributed by atoms with Gasteiger partial charge in [0.15, 0.2) is 5.69 Å². The van der Waals surface area contributed by atoms with Crippen LogP contribution in [0.25, 0.3) is 0 Å². The van der Waals surface area contributed by atoms with Gasteiger partial charge in [0.2, 0.25) is 0 Å². The Labute approximate surface area is 143 Å². The van der Waals surface area contributed by atoms with Gasteiger partial charge >= 0.3 is 0 Å². The van der Waals surface area contributed by atoms with Crippen molar-refractivity contribution in [3.63, 3.8) is 0 Å². The summed E-state index contributed by atoms with van der Waals surface area (Å²) >= 11 is 1.69. The molecule has 130 valence electrons. The van der Waals surface area contributed by atoms with Crippen LogP contribution >= 0.6 is 11.3 Å². The second kappa shape index (κ2) is 9.78. The van der Waals surface area contributed by atoms with Crippen LogP contribution < -0.4 is 5.32 Å². The van der Waals surface area contributed by atoms with E-state index in [9.17, 15) is 4.79 Å². The first-order chi connectivity index (χ1) is 11.7. The minimum Gasteiger partial charge on any atom is -0.483 e. The molecular weight excluding hydrogens is 332 g/mol. The van der Waals surface area contributed by atoms with Crippen LogP contribution in [0.2, 0.25) is 0 Å². The van der Waals surface area contributed by atoms with Crippen molar-refractivity contribution in [2.75, 3.05) is 19.6 Å². The smallest absolute Gasteiger partial charge is 0.290 e. The number of thiazole rings is 1. The molecule has 24 heavy (non-hydrogen) atoms. The molecule has 2 aromatic heterocycles. The zero-order valence-electron chi connectivity index (χ0n) is 13.1. The SMILES string of the molecule is O=C(NCC1CCCN(Cc2cncs2)C1)c1ccon1.O=CO. The van der Waals surface area contributed by atoms with Crippen molar-refractivity contribution in [2.45, 2.75) is 19.4 Å². The normalized spacial score (nSPS) is 17.6. The molecule has 3 rings (SSSR count). The molecule has 0 aromatic carbocycles. The highest BCUT2D eigenvalue weighted by molar-refractivity contribution is 7.09. The Morgan fingerprint density at radius 2 is 2.42 bits per heavy atom. The van der Waals surface area contributed by atoms with Gasteiger partial charge in [-0.2, -0.15) is 0 Å². The van der Waals surface area contributed by atoms with E-state index in [4.69, 9.17) is 9.90 Å². The number of hydrogen-bond donors (Lipinski definition) is 2. The van der Waals surface area contributed by atoms with Gasteiger partial charge in [0.05, 0.1) is 5.51 Å². The van der Waals surface area contributed by atoms with Crippen molar-refractivity contribution in [1.82, 2.24) is 20.4 Å². The van der Waals surface area contributed by atoms with Gasteiger partial charge in [0.25, 0.3) is 12.4 Å². The van der Waals surface area contributed by atoms with Crippen LogP contribution in [0.5, 0.6) is 0 Å². The van der Waals surface area contributed by atoms with Crippen molar-refractivity contribution >= 4 is 23.7 Å². The maximum absolute atomic E-state index is 11.8. The summed E-state index contributed by atoms with van der Waals surface area (Å²) in [6.45, 7) is 3.52. The van der Waals surface area contributed by atoms with Crippen molar-refractivity contribution in [1.29, 1.82) is 0 Å². The Bertz CT molecular complexity index is 603. The lowest BCUT2D eigenvalue weighted by atomic mass is 9.98. The van der Waals surface area contributed by atoms with Crippen LogP contribution in [0, 0.1) is 5.92 Å². The third-order valence-corrected chi connectivity index (χ3v) is 4.45. The zero-order chi connectivity index (χ0) is 17.2.